The molecular formula is C15H21NO2. The Bertz CT molecular complexity index is 405. The second kappa shape index (κ2) is 5.53. The minimum atomic E-state index is -0.753. The number of aryl methyl sites for hydroxylation is 1. The molecule has 0 saturated heterocycles. The summed E-state index contributed by atoms with van der Waals surface area (Å²) in [6.07, 6.45) is 3.80. The molecule has 1 amide bonds. The molecule has 3 heteroatoms. The van der Waals surface area contributed by atoms with Crippen LogP contribution in [0.4, 0.5) is 0 Å². The molecule has 0 unspecified atom stereocenters. The second-order valence-corrected chi connectivity index (χ2v) is 5.37. The van der Waals surface area contributed by atoms with Gasteiger partial charge in [0.1, 0.15) is 0 Å². The van der Waals surface area contributed by atoms with Gasteiger partial charge >= 0.3 is 0 Å². The van der Waals surface area contributed by atoms with Crippen LogP contribution in [0, 0.1) is 6.92 Å². The highest BCUT2D eigenvalue weighted by molar-refractivity contribution is 5.77. The summed E-state index contributed by atoms with van der Waals surface area (Å²) >= 11 is 0. The van der Waals surface area contributed by atoms with Gasteiger partial charge in [-0.15, -0.1) is 0 Å². The zero-order valence-electron chi connectivity index (χ0n) is 10.9. The SMILES string of the molecule is Cc1ccc(CNC(=O)CC2(O)CCCC2)cc1. The smallest absolute Gasteiger partial charge is 0.223 e. The number of nitrogens with one attached hydrogen (secondary N) is 1. The van der Waals surface area contributed by atoms with Crippen molar-refractivity contribution < 1.29 is 9.90 Å². The minimum Gasteiger partial charge on any atom is -0.389 e. The Kier molecular flexibility index (Phi) is 4.02. The third-order valence-corrected chi connectivity index (χ3v) is 3.63. The van der Waals surface area contributed by atoms with E-state index in [0.717, 1.165) is 31.2 Å². The molecule has 0 heterocycles. The van der Waals surface area contributed by atoms with Crippen LogP contribution in [0.2, 0.25) is 0 Å². The number of hydrogen-bond donors (Lipinski definition) is 2. The van der Waals surface area contributed by atoms with Gasteiger partial charge in [-0.25, -0.2) is 0 Å². The average Bonchev–Trinajstić information content (AvgIpc) is 2.75. The molecule has 0 bridgehead atoms. The van der Waals surface area contributed by atoms with Crippen LogP contribution in [-0.2, 0) is 11.3 Å². The topological polar surface area (TPSA) is 49.3 Å². The van der Waals surface area contributed by atoms with Gasteiger partial charge in [0.05, 0.1) is 12.0 Å². The van der Waals surface area contributed by atoms with Crippen molar-refractivity contribution in [3.8, 4) is 0 Å². The summed E-state index contributed by atoms with van der Waals surface area (Å²) in [4.78, 5) is 11.8. The first kappa shape index (κ1) is 13.1. The van der Waals surface area contributed by atoms with Crippen LogP contribution in [0.15, 0.2) is 24.3 Å². The van der Waals surface area contributed by atoms with E-state index >= 15 is 0 Å². The molecule has 0 atom stereocenters. The van der Waals surface area contributed by atoms with Gasteiger partial charge in [-0.1, -0.05) is 42.7 Å². The quantitative estimate of drug-likeness (QED) is 0.857. The molecule has 2 rings (SSSR count). The summed E-state index contributed by atoms with van der Waals surface area (Å²) in [6.45, 7) is 2.58. The predicted octanol–water partition coefficient (Wildman–Crippen LogP) is 2.31. The highest BCUT2D eigenvalue weighted by Gasteiger charge is 2.33. The molecule has 18 heavy (non-hydrogen) atoms. The number of benzene rings is 1. The molecule has 1 aliphatic carbocycles. The Labute approximate surface area is 108 Å². The van der Waals surface area contributed by atoms with E-state index in [2.05, 4.69) is 5.32 Å². The van der Waals surface area contributed by atoms with Crippen LogP contribution in [0.25, 0.3) is 0 Å². The van der Waals surface area contributed by atoms with Crippen molar-refractivity contribution in [3.63, 3.8) is 0 Å². The fourth-order valence-corrected chi connectivity index (χ4v) is 2.48. The normalized spacial score (nSPS) is 17.7. The fraction of sp³-hybridized carbons (Fsp3) is 0.533. The van der Waals surface area contributed by atoms with Crippen molar-refractivity contribution in [2.45, 2.75) is 51.2 Å². The van der Waals surface area contributed by atoms with Crippen molar-refractivity contribution in [2.24, 2.45) is 0 Å². The summed E-state index contributed by atoms with van der Waals surface area (Å²) in [5.41, 5.74) is 1.55. The molecule has 1 aromatic rings. The van der Waals surface area contributed by atoms with Crippen molar-refractivity contribution in [3.05, 3.63) is 35.4 Å². The molecule has 2 N–H and O–H groups in total. The van der Waals surface area contributed by atoms with Gasteiger partial charge in [-0.3, -0.25) is 4.79 Å². The Morgan fingerprint density at radius 3 is 2.50 bits per heavy atom. The molecule has 1 fully saturated rings. The van der Waals surface area contributed by atoms with Gasteiger partial charge in [0.25, 0.3) is 0 Å². The Morgan fingerprint density at radius 2 is 1.89 bits per heavy atom. The number of amides is 1. The van der Waals surface area contributed by atoms with Crippen LogP contribution < -0.4 is 5.32 Å². The number of carbonyl (C=O) groups excluding carboxylic acids is 1. The van der Waals surface area contributed by atoms with E-state index in [1.54, 1.807) is 0 Å². The van der Waals surface area contributed by atoms with E-state index in [1.807, 2.05) is 31.2 Å². The second-order valence-electron chi connectivity index (χ2n) is 5.37. The number of hydrogen-bond acceptors (Lipinski definition) is 2. The molecule has 98 valence electrons. The third-order valence-electron chi connectivity index (χ3n) is 3.63. The first-order valence-electron chi connectivity index (χ1n) is 6.62. The Balaban J connectivity index is 1.79. The maximum absolute atomic E-state index is 11.8. The van der Waals surface area contributed by atoms with E-state index in [4.69, 9.17) is 0 Å². The van der Waals surface area contributed by atoms with Crippen LogP contribution >= 0.6 is 0 Å². The van der Waals surface area contributed by atoms with Crippen LogP contribution in [0.1, 0.15) is 43.2 Å². The Morgan fingerprint density at radius 1 is 1.28 bits per heavy atom. The van der Waals surface area contributed by atoms with E-state index in [0.29, 0.717) is 6.54 Å². The number of rotatable bonds is 4. The third kappa shape index (κ3) is 3.57. The number of carbonyl (C=O) groups is 1. The first-order chi connectivity index (χ1) is 8.57. The lowest BCUT2D eigenvalue weighted by Gasteiger charge is -2.21. The minimum absolute atomic E-state index is 0.0556. The maximum atomic E-state index is 11.8. The van der Waals surface area contributed by atoms with E-state index in [1.165, 1.54) is 5.56 Å². The molecule has 1 aliphatic rings. The lowest BCUT2D eigenvalue weighted by atomic mass is 9.97. The lowest BCUT2D eigenvalue weighted by molar-refractivity contribution is -0.126. The first-order valence-corrected chi connectivity index (χ1v) is 6.62. The summed E-state index contributed by atoms with van der Waals surface area (Å²) in [6, 6.07) is 8.10. The average molecular weight is 247 g/mol. The molecule has 0 aliphatic heterocycles. The van der Waals surface area contributed by atoms with E-state index in [9.17, 15) is 9.90 Å². The number of aliphatic hydroxyl groups is 1. The highest BCUT2D eigenvalue weighted by Crippen LogP contribution is 2.32. The zero-order valence-corrected chi connectivity index (χ0v) is 10.9. The molecule has 1 aromatic carbocycles. The summed E-state index contributed by atoms with van der Waals surface area (Å²) < 4.78 is 0. The van der Waals surface area contributed by atoms with Crippen LogP contribution in [0.3, 0.4) is 0 Å². The van der Waals surface area contributed by atoms with Gasteiger partial charge < -0.3 is 10.4 Å². The van der Waals surface area contributed by atoms with Gasteiger partial charge in [-0.05, 0) is 25.3 Å². The van der Waals surface area contributed by atoms with Crippen molar-refractivity contribution >= 4 is 5.91 Å². The fourth-order valence-electron chi connectivity index (χ4n) is 2.48. The monoisotopic (exact) mass is 247 g/mol. The van der Waals surface area contributed by atoms with Crippen molar-refractivity contribution in [1.29, 1.82) is 0 Å². The highest BCUT2D eigenvalue weighted by atomic mass is 16.3. The van der Waals surface area contributed by atoms with Gasteiger partial charge in [-0.2, -0.15) is 0 Å². The lowest BCUT2D eigenvalue weighted by Crippen LogP contribution is -2.34. The van der Waals surface area contributed by atoms with Gasteiger partial charge in [0.15, 0.2) is 0 Å². The van der Waals surface area contributed by atoms with Crippen LogP contribution in [0.5, 0.6) is 0 Å². The van der Waals surface area contributed by atoms with Crippen molar-refractivity contribution in [1.82, 2.24) is 5.32 Å². The molecule has 0 aromatic heterocycles. The molecule has 0 radical (unpaired) electrons. The largest absolute Gasteiger partial charge is 0.389 e. The maximum Gasteiger partial charge on any atom is 0.223 e. The van der Waals surface area contributed by atoms with Gasteiger partial charge in [0.2, 0.25) is 5.91 Å². The Hall–Kier alpha value is -1.35. The predicted molar refractivity (Wildman–Crippen MR) is 71.1 cm³/mol. The van der Waals surface area contributed by atoms with E-state index < -0.39 is 5.60 Å². The van der Waals surface area contributed by atoms with E-state index in [-0.39, 0.29) is 12.3 Å². The molecule has 3 nitrogen and oxygen atoms in total. The van der Waals surface area contributed by atoms with Crippen LogP contribution in [-0.4, -0.2) is 16.6 Å². The standard InChI is InChI=1S/C15H21NO2/c1-12-4-6-13(7-5-12)11-16-14(17)10-15(18)8-2-3-9-15/h4-7,18H,2-3,8-11H2,1H3,(H,16,17). The van der Waals surface area contributed by atoms with Crippen molar-refractivity contribution in [2.75, 3.05) is 0 Å². The zero-order chi connectivity index (χ0) is 13.0. The molecule has 0 spiro atoms. The summed E-state index contributed by atoms with van der Waals surface area (Å²) in [7, 11) is 0. The molecule has 1 saturated carbocycles. The summed E-state index contributed by atoms with van der Waals surface area (Å²) in [5.74, 6) is -0.0556. The van der Waals surface area contributed by atoms with Gasteiger partial charge in [0, 0.05) is 6.54 Å². The summed E-state index contributed by atoms with van der Waals surface area (Å²) in [5, 5.41) is 13.0. The molecular weight excluding hydrogens is 226 g/mol.